The summed E-state index contributed by atoms with van der Waals surface area (Å²) in [4.78, 5) is 14.2. The number of ether oxygens (including phenoxy) is 3. The minimum Gasteiger partial charge on any atom is -0.504 e. The molecule has 0 aliphatic carbocycles. The van der Waals surface area contributed by atoms with Gasteiger partial charge in [-0.05, 0) is 42.1 Å². The van der Waals surface area contributed by atoms with E-state index in [2.05, 4.69) is 4.90 Å². The van der Waals surface area contributed by atoms with E-state index in [1.807, 2.05) is 37.4 Å². The highest BCUT2D eigenvalue weighted by Gasteiger charge is 2.34. The summed E-state index contributed by atoms with van der Waals surface area (Å²) in [5.41, 5.74) is 3.62. The average Bonchev–Trinajstić information content (AvgIpc) is 3.16. The van der Waals surface area contributed by atoms with E-state index in [9.17, 15) is 9.90 Å². The van der Waals surface area contributed by atoms with Crippen molar-refractivity contribution in [3.05, 3.63) is 42.0 Å². The Hall–Kier alpha value is -3.41. The largest absolute Gasteiger partial charge is 0.504 e. The Morgan fingerprint density at radius 1 is 1.17 bits per heavy atom. The molecule has 2 heterocycles. The highest BCUT2D eigenvalue weighted by Crippen LogP contribution is 2.53. The van der Waals surface area contributed by atoms with Gasteiger partial charge in [0.2, 0.25) is 6.79 Å². The van der Waals surface area contributed by atoms with Crippen LogP contribution in [0.3, 0.4) is 0 Å². The van der Waals surface area contributed by atoms with E-state index in [4.69, 9.17) is 14.2 Å². The number of phenols is 1. The zero-order valence-electron chi connectivity index (χ0n) is 16.5. The van der Waals surface area contributed by atoms with Crippen LogP contribution in [-0.2, 0) is 4.79 Å². The van der Waals surface area contributed by atoms with Crippen LogP contribution in [0, 0.1) is 0 Å². The molecule has 1 atom stereocenters. The summed E-state index contributed by atoms with van der Waals surface area (Å²) in [6.45, 7) is 1.79. The third-order valence-corrected chi connectivity index (χ3v) is 5.81. The molecule has 0 bridgehead atoms. The van der Waals surface area contributed by atoms with Crippen LogP contribution in [-0.4, -0.2) is 31.8 Å². The SMILES string of the molecule is COc1ccc2c(c1O)C(CC(C)=O)N(C)c1c-2ccc2cc3c(cc12)OCO3. The summed E-state index contributed by atoms with van der Waals surface area (Å²) in [6, 6.07) is 11.5. The molecule has 0 saturated heterocycles. The Labute approximate surface area is 168 Å². The maximum atomic E-state index is 12.1. The molecule has 0 amide bonds. The van der Waals surface area contributed by atoms with E-state index in [0.29, 0.717) is 11.5 Å². The first-order chi connectivity index (χ1) is 14.0. The number of nitrogens with zero attached hydrogens (tertiary/aromatic N) is 1. The summed E-state index contributed by atoms with van der Waals surface area (Å²) in [7, 11) is 3.48. The molecule has 29 heavy (non-hydrogen) atoms. The Balaban J connectivity index is 1.83. The molecule has 5 rings (SSSR count). The number of aromatic hydroxyl groups is 1. The van der Waals surface area contributed by atoms with Gasteiger partial charge < -0.3 is 24.2 Å². The van der Waals surface area contributed by atoms with Crippen molar-refractivity contribution in [3.63, 3.8) is 0 Å². The average molecular weight is 391 g/mol. The number of methoxy groups -OCH3 is 1. The lowest BCUT2D eigenvalue weighted by atomic mass is 9.84. The maximum absolute atomic E-state index is 12.1. The minimum absolute atomic E-state index is 0.0522. The molecule has 1 unspecified atom stereocenters. The molecule has 2 aliphatic rings. The lowest BCUT2D eigenvalue weighted by Crippen LogP contribution is -2.30. The van der Waals surface area contributed by atoms with Gasteiger partial charge in [0.05, 0.1) is 18.8 Å². The summed E-state index contributed by atoms with van der Waals surface area (Å²) in [6.07, 6.45) is 0.282. The van der Waals surface area contributed by atoms with Crippen molar-refractivity contribution >= 4 is 22.2 Å². The highest BCUT2D eigenvalue weighted by atomic mass is 16.7. The summed E-state index contributed by atoms with van der Waals surface area (Å²) >= 11 is 0. The van der Waals surface area contributed by atoms with E-state index < -0.39 is 0 Å². The number of ketones is 1. The zero-order chi connectivity index (χ0) is 20.3. The summed E-state index contributed by atoms with van der Waals surface area (Å²) in [5, 5.41) is 12.9. The van der Waals surface area contributed by atoms with Crippen molar-refractivity contribution in [2.45, 2.75) is 19.4 Å². The Kier molecular flexibility index (Phi) is 3.84. The van der Waals surface area contributed by atoms with Gasteiger partial charge in [0.25, 0.3) is 0 Å². The second kappa shape index (κ2) is 6.30. The first-order valence-electron chi connectivity index (χ1n) is 9.48. The molecule has 1 N–H and O–H groups in total. The van der Waals surface area contributed by atoms with Crippen LogP contribution in [0.15, 0.2) is 36.4 Å². The molecule has 6 nitrogen and oxygen atoms in total. The molecule has 3 aromatic carbocycles. The molecule has 6 heteroatoms. The Morgan fingerprint density at radius 2 is 1.90 bits per heavy atom. The minimum atomic E-state index is -0.305. The number of phenolic OH excluding ortho intramolecular Hbond substituents is 1. The quantitative estimate of drug-likeness (QED) is 0.713. The fourth-order valence-corrected chi connectivity index (χ4v) is 4.48. The van der Waals surface area contributed by atoms with Crippen molar-refractivity contribution in [1.82, 2.24) is 0 Å². The van der Waals surface area contributed by atoms with Gasteiger partial charge in [0.1, 0.15) is 5.78 Å². The fraction of sp³-hybridized carbons (Fsp3) is 0.261. The molecule has 3 aromatic rings. The molecule has 0 aromatic heterocycles. The van der Waals surface area contributed by atoms with Crippen LogP contribution in [0.1, 0.15) is 24.9 Å². The third kappa shape index (κ3) is 2.52. The van der Waals surface area contributed by atoms with Gasteiger partial charge in [-0.3, -0.25) is 4.79 Å². The Morgan fingerprint density at radius 3 is 2.62 bits per heavy atom. The van der Waals surface area contributed by atoms with Crippen LogP contribution in [0.5, 0.6) is 23.0 Å². The number of benzene rings is 3. The second-order valence-electron chi connectivity index (χ2n) is 7.50. The van der Waals surface area contributed by atoms with Gasteiger partial charge in [-0.15, -0.1) is 0 Å². The molecule has 0 fully saturated rings. The molecule has 148 valence electrons. The molecule has 0 radical (unpaired) electrons. The second-order valence-corrected chi connectivity index (χ2v) is 7.50. The van der Waals surface area contributed by atoms with E-state index in [1.165, 1.54) is 7.11 Å². The highest BCUT2D eigenvalue weighted by molar-refractivity contribution is 6.06. The van der Waals surface area contributed by atoms with Crippen LogP contribution in [0.2, 0.25) is 0 Å². The van der Waals surface area contributed by atoms with Gasteiger partial charge in [-0.1, -0.05) is 12.1 Å². The third-order valence-electron chi connectivity index (χ3n) is 5.81. The number of hydrogen-bond donors (Lipinski definition) is 1. The van der Waals surface area contributed by atoms with Gasteiger partial charge >= 0.3 is 0 Å². The molecule has 0 spiro atoms. The lowest BCUT2D eigenvalue weighted by Gasteiger charge is -2.38. The van der Waals surface area contributed by atoms with Gasteiger partial charge in [-0.25, -0.2) is 0 Å². The number of rotatable bonds is 3. The van der Waals surface area contributed by atoms with Crippen molar-refractivity contribution in [1.29, 1.82) is 0 Å². The van der Waals surface area contributed by atoms with Crippen molar-refractivity contribution in [2.75, 3.05) is 25.9 Å². The van der Waals surface area contributed by atoms with Crippen LogP contribution >= 0.6 is 0 Å². The lowest BCUT2D eigenvalue weighted by molar-refractivity contribution is -0.117. The number of anilines is 1. The summed E-state index contributed by atoms with van der Waals surface area (Å²) < 4.78 is 16.4. The van der Waals surface area contributed by atoms with E-state index >= 15 is 0 Å². The zero-order valence-corrected chi connectivity index (χ0v) is 16.5. The predicted octanol–water partition coefficient (Wildman–Crippen LogP) is 4.42. The van der Waals surface area contributed by atoms with E-state index in [1.54, 1.807) is 13.0 Å². The first kappa shape index (κ1) is 17.7. The van der Waals surface area contributed by atoms with Crippen LogP contribution in [0.25, 0.3) is 21.9 Å². The van der Waals surface area contributed by atoms with Crippen molar-refractivity contribution in [3.8, 4) is 34.1 Å². The molecular weight excluding hydrogens is 370 g/mol. The normalized spacial score (nSPS) is 16.5. The van der Waals surface area contributed by atoms with Crippen molar-refractivity contribution < 1.29 is 24.1 Å². The predicted molar refractivity (Wildman–Crippen MR) is 110 cm³/mol. The molecule has 2 aliphatic heterocycles. The standard InChI is InChI=1S/C23H21NO5/c1-12(25)8-17-21-14(6-7-18(27-3)23(21)26)15-5-4-13-9-19-20(29-11-28-19)10-16(13)22(15)24(17)2/h4-7,9-10,17,26H,8,11H2,1-3H3. The fourth-order valence-electron chi connectivity index (χ4n) is 4.48. The van der Waals surface area contributed by atoms with Crippen LogP contribution < -0.4 is 19.1 Å². The van der Waals surface area contributed by atoms with Gasteiger partial charge in [-0.2, -0.15) is 0 Å². The van der Waals surface area contributed by atoms with Gasteiger partial charge in [0, 0.05) is 30.0 Å². The smallest absolute Gasteiger partial charge is 0.231 e. The first-order valence-corrected chi connectivity index (χ1v) is 9.48. The number of fused-ring (bicyclic) bond motifs is 6. The number of carbonyl (C=O) groups excluding carboxylic acids is 1. The summed E-state index contributed by atoms with van der Waals surface area (Å²) in [5.74, 6) is 1.99. The topological polar surface area (TPSA) is 68.2 Å². The van der Waals surface area contributed by atoms with Crippen LogP contribution in [0.4, 0.5) is 5.69 Å². The van der Waals surface area contributed by atoms with Gasteiger partial charge in [0.15, 0.2) is 23.0 Å². The number of carbonyl (C=O) groups is 1. The maximum Gasteiger partial charge on any atom is 0.231 e. The number of hydrogen-bond acceptors (Lipinski definition) is 6. The number of Topliss-reactive ketones (excluding diaryl/α,β-unsaturated/α-hetero) is 1. The molecular formula is C23H21NO5. The monoisotopic (exact) mass is 391 g/mol. The molecule has 0 saturated carbocycles. The van der Waals surface area contributed by atoms with Crippen molar-refractivity contribution in [2.24, 2.45) is 0 Å². The van der Waals surface area contributed by atoms with E-state index in [0.717, 1.165) is 38.9 Å². The van der Waals surface area contributed by atoms with E-state index in [-0.39, 0.29) is 30.8 Å². The Bertz CT molecular complexity index is 1170.